The topological polar surface area (TPSA) is 18.5 Å². The second-order valence-electron chi connectivity index (χ2n) is 2.66. The molecule has 0 aliphatic carbocycles. The zero-order valence-corrected chi connectivity index (χ0v) is 9.87. The zero-order chi connectivity index (χ0) is 10.4. The maximum atomic E-state index is 5.22. The first-order chi connectivity index (χ1) is 6.81. The molecule has 0 saturated carbocycles. The lowest BCUT2D eigenvalue weighted by atomic mass is 10.2. The van der Waals surface area contributed by atoms with Gasteiger partial charge in [-0.05, 0) is 18.2 Å². The fourth-order valence-corrected chi connectivity index (χ4v) is 1.33. The number of hydrogen-bond donors (Lipinski definition) is 0. The van der Waals surface area contributed by atoms with Crippen molar-refractivity contribution in [2.24, 2.45) is 0 Å². The molecule has 0 bridgehead atoms. The smallest absolute Gasteiger partial charge is 0.126 e. The highest BCUT2D eigenvalue weighted by molar-refractivity contribution is 9.09. The third-order valence-corrected chi connectivity index (χ3v) is 2.20. The number of hydrogen-bond acceptors (Lipinski definition) is 2. The lowest BCUT2D eigenvalue weighted by Gasteiger charge is -2.06. The Balaban J connectivity index is 3.02. The van der Waals surface area contributed by atoms with Crippen LogP contribution in [0.1, 0.15) is 5.56 Å². The summed E-state index contributed by atoms with van der Waals surface area (Å²) < 4.78 is 10.4. The van der Waals surface area contributed by atoms with Crippen LogP contribution in [0.15, 0.2) is 24.3 Å². The van der Waals surface area contributed by atoms with E-state index in [1.165, 1.54) is 0 Å². The Labute approximate surface area is 92.7 Å². The molecule has 0 aliphatic rings. The summed E-state index contributed by atoms with van der Waals surface area (Å²) in [5.74, 6) is 1.68. The Morgan fingerprint density at radius 2 is 2.07 bits per heavy atom. The van der Waals surface area contributed by atoms with E-state index in [2.05, 4.69) is 15.9 Å². The lowest BCUT2D eigenvalue weighted by molar-refractivity contribution is 0.402. The minimum Gasteiger partial charge on any atom is -0.497 e. The van der Waals surface area contributed by atoms with Crippen molar-refractivity contribution in [2.75, 3.05) is 19.5 Å². The Kier molecular flexibility index (Phi) is 4.53. The van der Waals surface area contributed by atoms with Crippen LogP contribution >= 0.6 is 15.9 Å². The monoisotopic (exact) mass is 256 g/mol. The molecule has 0 unspecified atom stereocenters. The number of allylic oxidation sites excluding steroid dienone is 1. The summed E-state index contributed by atoms with van der Waals surface area (Å²) in [6.45, 7) is 0. The van der Waals surface area contributed by atoms with E-state index in [1.54, 1.807) is 14.2 Å². The molecular weight excluding hydrogens is 244 g/mol. The van der Waals surface area contributed by atoms with Gasteiger partial charge in [-0.25, -0.2) is 0 Å². The summed E-state index contributed by atoms with van der Waals surface area (Å²) in [6, 6.07) is 5.72. The molecule has 76 valence electrons. The summed E-state index contributed by atoms with van der Waals surface area (Å²) in [5.41, 5.74) is 1.02. The Morgan fingerprint density at radius 3 is 2.64 bits per heavy atom. The average molecular weight is 257 g/mol. The van der Waals surface area contributed by atoms with Crippen LogP contribution in [0.25, 0.3) is 6.08 Å². The van der Waals surface area contributed by atoms with Crippen molar-refractivity contribution < 1.29 is 9.47 Å². The van der Waals surface area contributed by atoms with Crippen molar-refractivity contribution in [2.45, 2.75) is 0 Å². The highest BCUT2D eigenvalue weighted by Crippen LogP contribution is 2.24. The molecule has 1 rings (SSSR count). The van der Waals surface area contributed by atoms with Gasteiger partial charge in [-0.15, -0.1) is 0 Å². The molecule has 0 N–H and O–H groups in total. The highest BCUT2D eigenvalue weighted by Gasteiger charge is 2.00. The average Bonchev–Trinajstić information content (AvgIpc) is 2.25. The molecule has 3 heteroatoms. The fourth-order valence-electron chi connectivity index (χ4n) is 1.14. The van der Waals surface area contributed by atoms with Crippen LogP contribution in [0.4, 0.5) is 0 Å². The van der Waals surface area contributed by atoms with Crippen LogP contribution < -0.4 is 9.47 Å². The molecule has 0 radical (unpaired) electrons. The quantitative estimate of drug-likeness (QED) is 0.771. The van der Waals surface area contributed by atoms with Crippen LogP contribution in [0, 0.1) is 0 Å². The molecular formula is C11H13BrO2. The van der Waals surface area contributed by atoms with Gasteiger partial charge in [-0.1, -0.05) is 28.1 Å². The highest BCUT2D eigenvalue weighted by atomic mass is 79.9. The van der Waals surface area contributed by atoms with Crippen LogP contribution in [-0.4, -0.2) is 19.5 Å². The summed E-state index contributed by atoms with van der Waals surface area (Å²) in [5, 5.41) is 0.827. The number of ether oxygens (including phenoxy) is 2. The third kappa shape index (κ3) is 2.77. The van der Waals surface area contributed by atoms with Gasteiger partial charge in [-0.2, -0.15) is 0 Å². The molecule has 14 heavy (non-hydrogen) atoms. The Bertz CT molecular complexity index is 321. The number of benzene rings is 1. The molecule has 0 atom stereocenters. The molecule has 0 saturated heterocycles. The first-order valence-corrected chi connectivity index (χ1v) is 5.38. The van der Waals surface area contributed by atoms with Crippen molar-refractivity contribution in [3.63, 3.8) is 0 Å². The minimum atomic E-state index is 0.827. The lowest BCUT2D eigenvalue weighted by Crippen LogP contribution is -1.89. The molecule has 0 aromatic heterocycles. The predicted molar refractivity (Wildman–Crippen MR) is 62.4 cm³/mol. The van der Waals surface area contributed by atoms with Crippen molar-refractivity contribution >= 4 is 22.0 Å². The van der Waals surface area contributed by atoms with Crippen molar-refractivity contribution in [1.29, 1.82) is 0 Å². The number of alkyl halides is 1. The largest absolute Gasteiger partial charge is 0.497 e. The van der Waals surface area contributed by atoms with Gasteiger partial charge < -0.3 is 9.47 Å². The second-order valence-corrected chi connectivity index (χ2v) is 3.31. The maximum absolute atomic E-state index is 5.22. The first kappa shape index (κ1) is 11.1. The van der Waals surface area contributed by atoms with Crippen LogP contribution in [0.2, 0.25) is 0 Å². The Morgan fingerprint density at radius 1 is 1.29 bits per heavy atom. The van der Waals surface area contributed by atoms with Crippen LogP contribution in [0.3, 0.4) is 0 Å². The van der Waals surface area contributed by atoms with Crippen molar-refractivity contribution in [3.8, 4) is 11.5 Å². The van der Waals surface area contributed by atoms with Crippen LogP contribution in [-0.2, 0) is 0 Å². The fraction of sp³-hybridized carbons (Fsp3) is 0.273. The number of rotatable bonds is 4. The standard InChI is InChI=1S/C11H13BrO2/c1-13-10-5-6-11(14-2)9(8-10)4-3-7-12/h3-6,8H,7H2,1-2H3. The van der Waals surface area contributed by atoms with Gasteiger partial charge in [0.2, 0.25) is 0 Å². The molecule has 0 spiro atoms. The normalized spacial score (nSPS) is 10.5. The molecule has 0 fully saturated rings. The van der Waals surface area contributed by atoms with Crippen molar-refractivity contribution in [1.82, 2.24) is 0 Å². The third-order valence-electron chi connectivity index (χ3n) is 1.82. The van der Waals surface area contributed by atoms with Gasteiger partial charge in [0.05, 0.1) is 14.2 Å². The predicted octanol–water partition coefficient (Wildman–Crippen LogP) is 3.11. The first-order valence-electron chi connectivity index (χ1n) is 4.26. The summed E-state index contributed by atoms with van der Waals surface area (Å²) in [7, 11) is 3.31. The van der Waals surface area contributed by atoms with E-state index in [9.17, 15) is 0 Å². The van der Waals surface area contributed by atoms with Crippen molar-refractivity contribution in [3.05, 3.63) is 29.8 Å². The van der Waals surface area contributed by atoms with Gasteiger partial charge in [0.25, 0.3) is 0 Å². The van der Waals surface area contributed by atoms with Crippen LogP contribution in [0.5, 0.6) is 11.5 Å². The number of methoxy groups -OCH3 is 2. The van der Waals surface area contributed by atoms with Gasteiger partial charge in [-0.3, -0.25) is 0 Å². The minimum absolute atomic E-state index is 0.827. The second kappa shape index (κ2) is 5.70. The van der Waals surface area contributed by atoms with E-state index in [0.717, 1.165) is 22.4 Å². The molecule has 1 aromatic rings. The van der Waals surface area contributed by atoms with Gasteiger partial charge in [0.1, 0.15) is 11.5 Å². The molecule has 1 aromatic carbocycles. The van der Waals surface area contributed by atoms with E-state index in [4.69, 9.17) is 9.47 Å². The summed E-state index contributed by atoms with van der Waals surface area (Å²) in [6.07, 6.45) is 4.01. The molecule has 0 aliphatic heterocycles. The van der Waals surface area contributed by atoms with Gasteiger partial charge in [0, 0.05) is 10.9 Å². The SMILES string of the molecule is COc1ccc(OC)c(C=CCBr)c1. The van der Waals surface area contributed by atoms with E-state index < -0.39 is 0 Å². The van der Waals surface area contributed by atoms with E-state index >= 15 is 0 Å². The summed E-state index contributed by atoms with van der Waals surface area (Å²) in [4.78, 5) is 0. The van der Waals surface area contributed by atoms with E-state index in [0.29, 0.717) is 0 Å². The van der Waals surface area contributed by atoms with Gasteiger partial charge >= 0.3 is 0 Å². The summed E-state index contributed by atoms with van der Waals surface area (Å²) >= 11 is 3.33. The number of halogens is 1. The zero-order valence-electron chi connectivity index (χ0n) is 8.29. The van der Waals surface area contributed by atoms with Gasteiger partial charge in [0.15, 0.2) is 0 Å². The Hall–Kier alpha value is -0.960. The molecule has 2 nitrogen and oxygen atoms in total. The van der Waals surface area contributed by atoms with E-state index in [-0.39, 0.29) is 0 Å². The molecule has 0 heterocycles. The molecule has 0 amide bonds. The maximum Gasteiger partial charge on any atom is 0.126 e. The van der Waals surface area contributed by atoms with E-state index in [1.807, 2.05) is 30.4 Å².